The summed E-state index contributed by atoms with van der Waals surface area (Å²) in [6, 6.07) is 7.34. The summed E-state index contributed by atoms with van der Waals surface area (Å²) < 4.78 is 13.1. The van der Waals surface area contributed by atoms with Gasteiger partial charge in [0.1, 0.15) is 11.9 Å². The third-order valence-corrected chi connectivity index (χ3v) is 3.33. The van der Waals surface area contributed by atoms with Crippen LogP contribution in [0.4, 0.5) is 15.1 Å². The van der Waals surface area contributed by atoms with Crippen LogP contribution in [-0.2, 0) is 6.54 Å². The zero-order valence-electron chi connectivity index (χ0n) is 9.59. The Balaban J connectivity index is 2.06. The topological polar surface area (TPSA) is 79.0 Å². The Kier molecular flexibility index (Phi) is 3.73. The fourth-order valence-corrected chi connectivity index (χ4v) is 2.21. The Labute approximate surface area is 112 Å². The van der Waals surface area contributed by atoms with E-state index in [4.69, 9.17) is 5.26 Å². The van der Waals surface area contributed by atoms with Crippen LogP contribution in [0.3, 0.4) is 0 Å². The lowest BCUT2D eigenvalue weighted by Crippen LogP contribution is -1.99. The number of nitrogens with zero attached hydrogens (tertiary/aromatic N) is 2. The van der Waals surface area contributed by atoms with Gasteiger partial charge in [-0.25, -0.2) is 4.39 Å². The number of halogens is 1. The first-order valence-corrected chi connectivity index (χ1v) is 6.13. The molecule has 0 saturated carbocycles. The standard InChI is InChI=1S/C12H8FN3O2S/c13-11-2-1-10(4-9(11)5-14)15-6-8-3-12(16(17)18)19-7-8/h1-4,7,15H,6H2. The van der Waals surface area contributed by atoms with Gasteiger partial charge in [-0.15, -0.1) is 0 Å². The maximum Gasteiger partial charge on any atom is 0.324 e. The van der Waals surface area contributed by atoms with Crippen molar-refractivity contribution < 1.29 is 9.31 Å². The molecule has 0 atom stereocenters. The first kappa shape index (κ1) is 13.0. The molecular weight excluding hydrogens is 269 g/mol. The molecule has 5 nitrogen and oxygen atoms in total. The van der Waals surface area contributed by atoms with E-state index in [9.17, 15) is 14.5 Å². The smallest absolute Gasteiger partial charge is 0.324 e. The Morgan fingerprint density at radius 1 is 1.47 bits per heavy atom. The summed E-state index contributed by atoms with van der Waals surface area (Å²) in [5, 5.41) is 24.0. The molecule has 0 aliphatic rings. The van der Waals surface area contributed by atoms with Crippen LogP contribution in [0, 0.1) is 27.3 Å². The van der Waals surface area contributed by atoms with E-state index in [1.54, 1.807) is 11.4 Å². The zero-order valence-corrected chi connectivity index (χ0v) is 10.4. The van der Waals surface area contributed by atoms with Gasteiger partial charge in [0.2, 0.25) is 0 Å². The highest BCUT2D eigenvalue weighted by atomic mass is 32.1. The highest BCUT2D eigenvalue weighted by Crippen LogP contribution is 2.23. The van der Waals surface area contributed by atoms with Crippen molar-refractivity contribution in [1.29, 1.82) is 5.26 Å². The van der Waals surface area contributed by atoms with Crippen molar-refractivity contribution in [3.05, 3.63) is 56.7 Å². The molecule has 0 spiro atoms. The van der Waals surface area contributed by atoms with Crippen LogP contribution < -0.4 is 5.32 Å². The number of nitriles is 1. The number of hydrogen-bond donors (Lipinski definition) is 1. The maximum absolute atomic E-state index is 13.1. The Bertz CT molecular complexity index is 663. The minimum absolute atomic E-state index is 0.0405. The SMILES string of the molecule is N#Cc1cc(NCc2csc([N+](=O)[O-])c2)ccc1F. The molecule has 0 saturated heterocycles. The van der Waals surface area contributed by atoms with Gasteiger partial charge in [-0.05, 0) is 23.8 Å². The predicted octanol–water partition coefficient (Wildman–Crippen LogP) is 3.28. The molecule has 0 bridgehead atoms. The second kappa shape index (κ2) is 5.46. The van der Waals surface area contributed by atoms with E-state index in [-0.39, 0.29) is 10.6 Å². The lowest BCUT2D eigenvalue weighted by atomic mass is 10.2. The second-order valence-electron chi connectivity index (χ2n) is 3.71. The lowest BCUT2D eigenvalue weighted by molar-refractivity contribution is -0.380. The van der Waals surface area contributed by atoms with Crippen LogP contribution >= 0.6 is 11.3 Å². The average Bonchev–Trinajstić information content (AvgIpc) is 2.87. The third-order valence-electron chi connectivity index (χ3n) is 2.40. The number of nitrogens with one attached hydrogen (secondary N) is 1. The number of hydrogen-bond acceptors (Lipinski definition) is 5. The molecule has 1 heterocycles. The van der Waals surface area contributed by atoms with Gasteiger partial charge in [0.25, 0.3) is 0 Å². The van der Waals surface area contributed by atoms with Crippen molar-refractivity contribution >= 4 is 22.0 Å². The van der Waals surface area contributed by atoms with Crippen molar-refractivity contribution in [1.82, 2.24) is 0 Å². The van der Waals surface area contributed by atoms with Crippen molar-refractivity contribution in [2.24, 2.45) is 0 Å². The van der Waals surface area contributed by atoms with Gasteiger partial charge in [-0.2, -0.15) is 5.26 Å². The molecule has 2 rings (SSSR count). The third kappa shape index (κ3) is 3.05. The van der Waals surface area contributed by atoms with Crippen LogP contribution in [0.15, 0.2) is 29.6 Å². The largest absolute Gasteiger partial charge is 0.381 e. The van der Waals surface area contributed by atoms with Gasteiger partial charge >= 0.3 is 5.00 Å². The molecule has 1 aromatic heterocycles. The molecule has 0 fully saturated rings. The van der Waals surface area contributed by atoms with Gasteiger partial charge in [0.05, 0.1) is 10.5 Å². The summed E-state index contributed by atoms with van der Waals surface area (Å²) in [7, 11) is 0. The van der Waals surface area contributed by atoms with Crippen LogP contribution in [0.25, 0.3) is 0 Å². The highest BCUT2D eigenvalue weighted by Gasteiger charge is 2.09. The Hall–Kier alpha value is -2.46. The normalized spacial score (nSPS) is 9.89. The summed E-state index contributed by atoms with van der Waals surface area (Å²) in [5.41, 5.74) is 1.31. The molecule has 0 unspecified atom stereocenters. The summed E-state index contributed by atoms with van der Waals surface area (Å²) in [5.74, 6) is -0.570. The van der Waals surface area contributed by atoms with E-state index in [1.165, 1.54) is 24.3 Å². The first-order chi connectivity index (χ1) is 9.10. The fraction of sp³-hybridized carbons (Fsp3) is 0.0833. The van der Waals surface area contributed by atoms with Crippen LogP contribution in [-0.4, -0.2) is 4.92 Å². The highest BCUT2D eigenvalue weighted by molar-refractivity contribution is 7.13. The predicted molar refractivity (Wildman–Crippen MR) is 69.4 cm³/mol. The molecule has 2 aromatic rings. The van der Waals surface area contributed by atoms with Crippen LogP contribution in [0.2, 0.25) is 0 Å². The molecular formula is C12H8FN3O2S. The first-order valence-electron chi connectivity index (χ1n) is 5.25. The molecule has 0 radical (unpaired) electrons. The monoisotopic (exact) mass is 277 g/mol. The van der Waals surface area contributed by atoms with E-state index in [0.29, 0.717) is 12.2 Å². The summed E-state index contributed by atoms with van der Waals surface area (Å²) in [6.45, 7) is 0.376. The second-order valence-corrected chi connectivity index (χ2v) is 4.60. The molecule has 1 N–H and O–H groups in total. The van der Waals surface area contributed by atoms with Crippen molar-refractivity contribution in [3.8, 4) is 6.07 Å². The van der Waals surface area contributed by atoms with E-state index in [1.807, 2.05) is 0 Å². The van der Waals surface area contributed by atoms with Crippen molar-refractivity contribution in [3.63, 3.8) is 0 Å². The molecule has 7 heteroatoms. The fourth-order valence-electron chi connectivity index (χ4n) is 1.48. The summed E-state index contributed by atoms with van der Waals surface area (Å²) in [4.78, 5) is 10.1. The van der Waals surface area contributed by atoms with E-state index in [0.717, 1.165) is 16.9 Å². The molecule has 0 aliphatic carbocycles. The van der Waals surface area contributed by atoms with Crippen molar-refractivity contribution in [2.45, 2.75) is 6.54 Å². The van der Waals surface area contributed by atoms with Gasteiger partial charge < -0.3 is 5.32 Å². The van der Waals surface area contributed by atoms with E-state index < -0.39 is 10.7 Å². The lowest BCUT2D eigenvalue weighted by Gasteiger charge is -2.05. The van der Waals surface area contributed by atoms with Gasteiger partial charge in [-0.3, -0.25) is 10.1 Å². The minimum atomic E-state index is -0.570. The Morgan fingerprint density at radius 3 is 2.89 bits per heavy atom. The van der Waals surface area contributed by atoms with Gasteiger partial charge in [0, 0.05) is 23.7 Å². The molecule has 19 heavy (non-hydrogen) atoms. The molecule has 1 aromatic carbocycles. The number of benzene rings is 1. The Morgan fingerprint density at radius 2 is 2.26 bits per heavy atom. The number of nitro groups is 1. The van der Waals surface area contributed by atoms with Gasteiger partial charge in [-0.1, -0.05) is 11.3 Å². The van der Waals surface area contributed by atoms with Gasteiger partial charge in [0.15, 0.2) is 0 Å². The number of anilines is 1. The van der Waals surface area contributed by atoms with Crippen LogP contribution in [0.1, 0.15) is 11.1 Å². The summed E-state index contributed by atoms with van der Waals surface area (Å²) >= 11 is 1.05. The average molecular weight is 277 g/mol. The van der Waals surface area contributed by atoms with Crippen LogP contribution in [0.5, 0.6) is 0 Å². The quantitative estimate of drug-likeness (QED) is 0.687. The number of rotatable bonds is 4. The molecule has 0 aliphatic heterocycles. The maximum atomic E-state index is 13.1. The summed E-state index contributed by atoms with van der Waals surface area (Å²) in [6.07, 6.45) is 0. The molecule has 0 amide bonds. The van der Waals surface area contributed by atoms with E-state index >= 15 is 0 Å². The van der Waals surface area contributed by atoms with E-state index in [2.05, 4.69) is 5.32 Å². The molecule has 96 valence electrons. The van der Waals surface area contributed by atoms with Crippen molar-refractivity contribution in [2.75, 3.05) is 5.32 Å². The minimum Gasteiger partial charge on any atom is -0.381 e. The number of thiophene rings is 1. The zero-order chi connectivity index (χ0) is 13.8.